The Bertz CT molecular complexity index is 232. The molecule has 3 heteroatoms. The smallest absolute Gasteiger partial charge is 0.0654 e. The van der Waals surface area contributed by atoms with Crippen LogP contribution in [0.15, 0.2) is 34.0 Å². The van der Waals surface area contributed by atoms with Crippen molar-refractivity contribution < 1.29 is 0 Å². The molecule has 0 saturated carbocycles. The highest BCUT2D eigenvalue weighted by Crippen LogP contribution is 2.28. The molecule has 0 aromatic carbocycles. The Morgan fingerprint density at radius 3 is 2.60 bits per heavy atom. The lowest BCUT2D eigenvalue weighted by atomic mass is 10.1. The Hall–Kier alpha value is -0.400. The molecule has 0 fully saturated rings. The summed E-state index contributed by atoms with van der Waals surface area (Å²) in [5.74, 6) is 0. The number of nitrogens with two attached hydrogens (primary N) is 1. The van der Waals surface area contributed by atoms with Gasteiger partial charge in [0.25, 0.3) is 0 Å². The van der Waals surface area contributed by atoms with E-state index in [1.54, 1.807) is 6.08 Å². The highest BCUT2D eigenvalue weighted by molar-refractivity contribution is 6.36. The van der Waals surface area contributed by atoms with E-state index in [2.05, 4.69) is 6.58 Å². The van der Waals surface area contributed by atoms with Gasteiger partial charge >= 0.3 is 0 Å². The van der Waals surface area contributed by atoms with Gasteiger partial charge in [0.05, 0.1) is 10.7 Å². The van der Waals surface area contributed by atoms with Crippen LogP contribution in [-0.2, 0) is 0 Å². The molecular weight excluding hydrogens is 169 g/mol. The summed E-state index contributed by atoms with van der Waals surface area (Å²) in [6, 6.07) is 0. The maximum atomic E-state index is 5.73. The second kappa shape index (κ2) is 2.69. The molecule has 0 spiro atoms. The number of hydrogen-bond donors (Lipinski definition) is 1. The molecule has 0 bridgehead atoms. The van der Waals surface area contributed by atoms with E-state index in [9.17, 15) is 0 Å². The Morgan fingerprint density at radius 1 is 1.50 bits per heavy atom. The third-order valence-electron chi connectivity index (χ3n) is 1.26. The van der Waals surface area contributed by atoms with Crippen LogP contribution in [0.5, 0.6) is 0 Å². The van der Waals surface area contributed by atoms with Gasteiger partial charge in [-0.05, 0) is 11.6 Å². The molecule has 0 aromatic heterocycles. The van der Waals surface area contributed by atoms with Crippen molar-refractivity contribution in [3.63, 3.8) is 0 Å². The molecule has 1 nitrogen and oxygen atoms in total. The lowest BCUT2D eigenvalue weighted by molar-refractivity contribution is 1.16. The summed E-state index contributed by atoms with van der Waals surface area (Å²) in [5.41, 5.74) is 6.85. The molecule has 0 aromatic rings. The van der Waals surface area contributed by atoms with Gasteiger partial charge in [-0.1, -0.05) is 29.8 Å². The van der Waals surface area contributed by atoms with Gasteiger partial charge in [0, 0.05) is 11.5 Å². The largest absolute Gasteiger partial charge is 0.397 e. The predicted octanol–water partition coefficient (Wildman–Crippen LogP) is 2.48. The Labute approximate surface area is 69.8 Å². The fourth-order valence-corrected chi connectivity index (χ4v) is 1.32. The second-order valence-electron chi connectivity index (χ2n) is 2.15. The number of hydrogen-bond acceptors (Lipinski definition) is 1. The first-order valence-electron chi connectivity index (χ1n) is 2.80. The van der Waals surface area contributed by atoms with Crippen LogP contribution in [0.2, 0.25) is 0 Å². The molecule has 0 heterocycles. The van der Waals surface area contributed by atoms with Crippen LogP contribution in [-0.4, -0.2) is 0 Å². The highest BCUT2D eigenvalue weighted by atomic mass is 35.5. The molecule has 10 heavy (non-hydrogen) atoms. The second-order valence-corrected chi connectivity index (χ2v) is 3.01. The van der Waals surface area contributed by atoms with Crippen LogP contribution < -0.4 is 5.73 Å². The number of rotatable bonds is 0. The lowest BCUT2D eigenvalue weighted by Crippen LogP contribution is -2.04. The van der Waals surface area contributed by atoms with Crippen LogP contribution >= 0.6 is 23.2 Å². The average molecular weight is 176 g/mol. The molecule has 0 amide bonds. The van der Waals surface area contributed by atoms with E-state index in [1.165, 1.54) is 0 Å². The minimum absolute atomic E-state index is 0.468. The van der Waals surface area contributed by atoms with Gasteiger partial charge in [-0.2, -0.15) is 0 Å². The third-order valence-corrected chi connectivity index (χ3v) is 1.91. The van der Waals surface area contributed by atoms with E-state index >= 15 is 0 Å². The highest BCUT2D eigenvalue weighted by Gasteiger charge is 2.10. The Kier molecular flexibility index (Phi) is 2.07. The topological polar surface area (TPSA) is 26.0 Å². The molecule has 0 radical (unpaired) electrons. The van der Waals surface area contributed by atoms with E-state index in [0.717, 1.165) is 5.57 Å². The molecule has 0 aliphatic heterocycles. The van der Waals surface area contributed by atoms with E-state index in [1.807, 2.05) is 0 Å². The Balaban J connectivity index is 3.01. The van der Waals surface area contributed by atoms with Gasteiger partial charge < -0.3 is 5.73 Å². The van der Waals surface area contributed by atoms with Crippen LogP contribution in [0.4, 0.5) is 0 Å². The summed E-state index contributed by atoms with van der Waals surface area (Å²) in [6.45, 7) is 3.71. The van der Waals surface area contributed by atoms with Gasteiger partial charge in [0.1, 0.15) is 0 Å². The molecule has 0 unspecified atom stereocenters. The van der Waals surface area contributed by atoms with Gasteiger partial charge in [-0.25, -0.2) is 0 Å². The van der Waals surface area contributed by atoms with E-state index < -0.39 is 0 Å². The molecule has 1 aliphatic rings. The number of allylic oxidation sites excluding steroid dienone is 4. The van der Waals surface area contributed by atoms with Crippen molar-refractivity contribution in [3.05, 3.63) is 34.0 Å². The molecule has 1 aliphatic carbocycles. The summed E-state index contributed by atoms with van der Waals surface area (Å²) in [4.78, 5) is 0. The van der Waals surface area contributed by atoms with Gasteiger partial charge in [-0.15, -0.1) is 0 Å². The minimum Gasteiger partial charge on any atom is -0.397 e. The van der Waals surface area contributed by atoms with Crippen LogP contribution in [0, 0.1) is 0 Å². The lowest BCUT2D eigenvalue weighted by Gasteiger charge is -2.10. The SMILES string of the molecule is C=C1C=C(Cl)C(N)=C(Cl)C1. The predicted molar refractivity (Wildman–Crippen MR) is 44.8 cm³/mol. The summed E-state index contributed by atoms with van der Waals surface area (Å²) in [7, 11) is 0. The zero-order valence-electron chi connectivity index (χ0n) is 5.32. The molecule has 0 atom stereocenters. The maximum absolute atomic E-state index is 5.73. The molecule has 54 valence electrons. The fourth-order valence-electron chi connectivity index (χ4n) is 0.732. The standard InChI is InChI=1S/C7H7Cl2N/c1-4-2-5(8)7(10)6(9)3-4/h2H,1,3,10H2. The van der Waals surface area contributed by atoms with Crippen molar-refractivity contribution >= 4 is 23.2 Å². The summed E-state index contributed by atoms with van der Waals surface area (Å²) in [6.07, 6.45) is 2.34. The monoisotopic (exact) mass is 175 g/mol. The summed E-state index contributed by atoms with van der Waals surface area (Å²) >= 11 is 11.4. The zero-order valence-corrected chi connectivity index (χ0v) is 6.84. The van der Waals surface area contributed by atoms with E-state index in [4.69, 9.17) is 28.9 Å². The van der Waals surface area contributed by atoms with Crippen LogP contribution in [0.25, 0.3) is 0 Å². The number of halogens is 2. The van der Waals surface area contributed by atoms with Crippen molar-refractivity contribution in [3.8, 4) is 0 Å². The first-order valence-corrected chi connectivity index (χ1v) is 3.56. The third kappa shape index (κ3) is 1.36. The average Bonchev–Trinajstić information content (AvgIpc) is 1.82. The van der Waals surface area contributed by atoms with Crippen molar-refractivity contribution in [1.82, 2.24) is 0 Å². The van der Waals surface area contributed by atoms with Gasteiger partial charge in [0.15, 0.2) is 0 Å². The van der Waals surface area contributed by atoms with Crippen LogP contribution in [0.3, 0.4) is 0 Å². The molecule has 0 saturated heterocycles. The van der Waals surface area contributed by atoms with E-state index in [-0.39, 0.29) is 0 Å². The molecule has 2 N–H and O–H groups in total. The Morgan fingerprint density at radius 2 is 2.10 bits per heavy atom. The minimum atomic E-state index is 0.468. The normalized spacial score (nSPS) is 19.4. The fraction of sp³-hybridized carbons (Fsp3) is 0.143. The molecular formula is C7H7Cl2N. The van der Waals surface area contributed by atoms with Gasteiger partial charge in [-0.3, -0.25) is 0 Å². The van der Waals surface area contributed by atoms with Crippen molar-refractivity contribution in [2.75, 3.05) is 0 Å². The summed E-state index contributed by atoms with van der Waals surface area (Å²) in [5, 5.41) is 1.07. The first kappa shape index (κ1) is 7.70. The molecule has 1 rings (SSSR count). The summed E-state index contributed by atoms with van der Waals surface area (Å²) < 4.78 is 0. The van der Waals surface area contributed by atoms with Crippen molar-refractivity contribution in [2.24, 2.45) is 5.73 Å². The van der Waals surface area contributed by atoms with Crippen molar-refractivity contribution in [1.29, 1.82) is 0 Å². The van der Waals surface area contributed by atoms with Crippen LogP contribution in [0.1, 0.15) is 6.42 Å². The van der Waals surface area contributed by atoms with Gasteiger partial charge in [0.2, 0.25) is 0 Å². The zero-order chi connectivity index (χ0) is 7.72. The maximum Gasteiger partial charge on any atom is 0.0654 e. The quantitative estimate of drug-likeness (QED) is 0.602. The van der Waals surface area contributed by atoms with Crippen molar-refractivity contribution in [2.45, 2.75) is 6.42 Å². The van der Waals surface area contributed by atoms with E-state index in [0.29, 0.717) is 22.2 Å². The first-order chi connectivity index (χ1) is 4.61.